The van der Waals surface area contributed by atoms with Crippen molar-refractivity contribution in [3.8, 4) is 0 Å². The number of imidazole rings is 1. The average molecular weight is 487 g/mol. The molecule has 0 atom stereocenters. The molecule has 10 nitrogen and oxygen atoms in total. The number of carbonyl (C=O) groups excluding carboxylic acids is 2. The van der Waals surface area contributed by atoms with E-state index in [9.17, 15) is 18.0 Å². The van der Waals surface area contributed by atoms with E-state index < -0.39 is 16.0 Å². The van der Waals surface area contributed by atoms with Crippen LogP contribution in [-0.4, -0.2) is 60.5 Å². The maximum Gasteiger partial charge on any atom is 0.338 e. The molecule has 1 N–H and O–H groups in total. The number of carbonyl (C=O) groups is 2. The number of ether oxygens (including phenoxy) is 2. The van der Waals surface area contributed by atoms with Crippen molar-refractivity contribution in [2.75, 3.05) is 31.6 Å². The molecule has 1 fully saturated rings. The summed E-state index contributed by atoms with van der Waals surface area (Å²) in [6, 6.07) is 11.2. The van der Waals surface area contributed by atoms with Crippen LogP contribution < -0.4 is 5.32 Å². The number of nitrogens with zero attached hydrogens (tertiary/aromatic N) is 3. The van der Waals surface area contributed by atoms with Crippen LogP contribution in [-0.2, 0) is 37.4 Å². The van der Waals surface area contributed by atoms with E-state index in [1.807, 2.05) is 11.5 Å². The van der Waals surface area contributed by atoms with Crippen molar-refractivity contribution in [3.63, 3.8) is 0 Å². The number of rotatable bonds is 7. The van der Waals surface area contributed by atoms with Gasteiger partial charge in [0.05, 0.1) is 34.7 Å². The van der Waals surface area contributed by atoms with Crippen LogP contribution in [0.15, 0.2) is 47.4 Å². The third-order valence-corrected chi connectivity index (χ3v) is 7.39. The fourth-order valence-electron chi connectivity index (χ4n) is 3.83. The number of aromatic nitrogens is 2. The van der Waals surface area contributed by atoms with Crippen LogP contribution in [0, 0.1) is 0 Å². The Labute approximate surface area is 197 Å². The topological polar surface area (TPSA) is 120 Å². The first-order valence-electron chi connectivity index (χ1n) is 10.9. The van der Waals surface area contributed by atoms with Gasteiger partial charge in [-0.05, 0) is 49.4 Å². The third kappa shape index (κ3) is 4.96. The SMILES string of the molecule is CCn1c(COC(=O)c2ccc(NC(C)=O)cc2)nc2cc(S(=O)(=O)N3CCOCC3)ccc21. The Morgan fingerprint density at radius 3 is 2.47 bits per heavy atom. The predicted octanol–water partition coefficient (Wildman–Crippen LogP) is 2.39. The number of aryl methyl sites for hydroxylation is 1. The molecule has 4 rings (SSSR count). The number of anilines is 1. The summed E-state index contributed by atoms with van der Waals surface area (Å²) < 4.78 is 40.0. The standard InChI is InChI=1S/C23H26N4O6S/c1-3-27-21-9-8-19(34(30,31)26-10-12-32-13-11-26)14-20(21)25-22(27)15-33-23(29)17-4-6-18(7-5-17)24-16(2)28/h4-9,14H,3,10-13,15H2,1-2H3,(H,24,28). The molecule has 0 saturated carbocycles. The zero-order valence-electron chi connectivity index (χ0n) is 19.0. The fraction of sp³-hybridized carbons (Fsp3) is 0.348. The lowest BCUT2D eigenvalue weighted by Gasteiger charge is -2.26. The van der Waals surface area contributed by atoms with E-state index in [0.29, 0.717) is 55.4 Å². The number of fused-ring (bicyclic) bond motifs is 1. The molecule has 0 bridgehead atoms. The van der Waals surface area contributed by atoms with Gasteiger partial charge < -0.3 is 19.4 Å². The maximum atomic E-state index is 13.0. The van der Waals surface area contributed by atoms with Gasteiger partial charge in [-0.3, -0.25) is 4.79 Å². The summed E-state index contributed by atoms with van der Waals surface area (Å²) in [5.74, 6) is -0.212. The number of amides is 1. The van der Waals surface area contributed by atoms with Crippen LogP contribution in [0.5, 0.6) is 0 Å². The molecule has 2 heterocycles. The monoisotopic (exact) mass is 486 g/mol. The Morgan fingerprint density at radius 2 is 1.82 bits per heavy atom. The van der Waals surface area contributed by atoms with Gasteiger partial charge in [0.25, 0.3) is 0 Å². The summed E-state index contributed by atoms with van der Waals surface area (Å²) >= 11 is 0. The molecule has 0 radical (unpaired) electrons. The predicted molar refractivity (Wildman–Crippen MR) is 125 cm³/mol. The molecular formula is C23H26N4O6S. The molecule has 34 heavy (non-hydrogen) atoms. The number of hydrogen-bond acceptors (Lipinski definition) is 7. The van der Waals surface area contributed by atoms with Gasteiger partial charge in [-0.25, -0.2) is 18.2 Å². The smallest absolute Gasteiger partial charge is 0.338 e. The van der Waals surface area contributed by atoms with Crippen LogP contribution in [0.3, 0.4) is 0 Å². The Kier molecular flexibility index (Phi) is 6.96. The van der Waals surface area contributed by atoms with Gasteiger partial charge in [-0.15, -0.1) is 0 Å². The molecule has 11 heteroatoms. The van der Waals surface area contributed by atoms with Gasteiger partial charge in [0.15, 0.2) is 0 Å². The highest BCUT2D eigenvalue weighted by Gasteiger charge is 2.27. The minimum absolute atomic E-state index is 0.0691. The van der Waals surface area contributed by atoms with Crippen molar-refractivity contribution in [1.82, 2.24) is 13.9 Å². The summed E-state index contributed by atoms with van der Waals surface area (Å²) in [7, 11) is -3.64. The fourth-order valence-corrected chi connectivity index (χ4v) is 5.25. The van der Waals surface area contributed by atoms with Crippen LogP contribution in [0.25, 0.3) is 11.0 Å². The first kappa shape index (κ1) is 23.9. The van der Waals surface area contributed by atoms with Gasteiger partial charge in [0.1, 0.15) is 12.4 Å². The minimum atomic E-state index is -3.64. The molecule has 1 aromatic heterocycles. The highest BCUT2D eigenvalue weighted by atomic mass is 32.2. The molecule has 0 spiro atoms. The Morgan fingerprint density at radius 1 is 1.12 bits per heavy atom. The van der Waals surface area contributed by atoms with E-state index in [1.54, 1.807) is 42.5 Å². The Balaban J connectivity index is 1.52. The van der Waals surface area contributed by atoms with Crippen molar-refractivity contribution in [1.29, 1.82) is 0 Å². The molecule has 0 aliphatic carbocycles. The highest BCUT2D eigenvalue weighted by Crippen LogP contribution is 2.24. The van der Waals surface area contributed by atoms with Crippen molar-refractivity contribution >= 4 is 38.6 Å². The van der Waals surface area contributed by atoms with Crippen LogP contribution in [0.1, 0.15) is 30.0 Å². The lowest BCUT2D eigenvalue weighted by molar-refractivity contribution is -0.114. The summed E-state index contributed by atoms with van der Waals surface area (Å²) in [5, 5.41) is 2.64. The first-order valence-corrected chi connectivity index (χ1v) is 12.4. The van der Waals surface area contributed by atoms with E-state index >= 15 is 0 Å². The number of morpholine rings is 1. The second-order valence-corrected chi connectivity index (χ2v) is 9.71. The van der Waals surface area contributed by atoms with E-state index in [4.69, 9.17) is 9.47 Å². The number of nitrogens with one attached hydrogen (secondary N) is 1. The van der Waals surface area contributed by atoms with E-state index in [1.165, 1.54) is 11.2 Å². The number of esters is 1. The third-order valence-electron chi connectivity index (χ3n) is 5.50. The van der Waals surface area contributed by atoms with E-state index in [-0.39, 0.29) is 17.4 Å². The Bertz CT molecular complexity index is 1310. The molecule has 3 aromatic rings. The van der Waals surface area contributed by atoms with Crippen molar-refractivity contribution in [3.05, 3.63) is 53.9 Å². The van der Waals surface area contributed by atoms with Gasteiger partial charge in [0, 0.05) is 32.2 Å². The Hall–Kier alpha value is -3.28. The van der Waals surface area contributed by atoms with E-state index in [0.717, 1.165) is 5.52 Å². The maximum absolute atomic E-state index is 13.0. The molecule has 2 aromatic carbocycles. The molecule has 180 valence electrons. The van der Waals surface area contributed by atoms with E-state index in [2.05, 4.69) is 10.3 Å². The largest absolute Gasteiger partial charge is 0.454 e. The normalized spacial score (nSPS) is 14.8. The molecule has 1 amide bonds. The number of sulfonamides is 1. The molecule has 0 unspecified atom stereocenters. The van der Waals surface area contributed by atoms with Crippen LogP contribution in [0.2, 0.25) is 0 Å². The highest BCUT2D eigenvalue weighted by molar-refractivity contribution is 7.89. The molecule has 1 saturated heterocycles. The second kappa shape index (κ2) is 9.92. The zero-order valence-corrected chi connectivity index (χ0v) is 19.8. The van der Waals surface area contributed by atoms with Crippen molar-refractivity contribution in [2.45, 2.75) is 31.9 Å². The lowest BCUT2D eigenvalue weighted by Crippen LogP contribution is -2.40. The first-order chi connectivity index (χ1) is 16.3. The zero-order chi connectivity index (χ0) is 24.3. The molecule has 1 aliphatic rings. The van der Waals surface area contributed by atoms with Gasteiger partial charge in [-0.2, -0.15) is 4.31 Å². The number of hydrogen-bond donors (Lipinski definition) is 1. The number of benzene rings is 2. The lowest BCUT2D eigenvalue weighted by atomic mass is 10.2. The minimum Gasteiger partial charge on any atom is -0.454 e. The molecular weight excluding hydrogens is 460 g/mol. The summed E-state index contributed by atoms with van der Waals surface area (Å²) in [5.41, 5.74) is 2.20. The average Bonchev–Trinajstić information content (AvgIpc) is 3.20. The quantitative estimate of drug-likeness (QED) is 0.509. The second-order valence-electron chi connectivity index (χ2n) is 7.77. The van der Waals surface area contributed by atoms with Crippen molar-refractivity contribution in [2.24, 2.45) is 0 Å². The summed E-state index contributed by atoms with van der Waals surface area (Å²) in [6.07, 6.45) is 0. The van der Waals surface area contributed by atoms with Crippen LogP contribution >= 0.6 is 0 Å². The summed E-state index contributed by atoms with van der Waals surface area (Å²) in [6.45, 7) is 5.22. The molecule has 1 aliphatic heterocycles. The van der Waals surface area contributed by atoms with Gasteiger partial charge in [-0.1, -0.05) is 0 Å². The van der Waals surface area contributed by atoms with Crippen molar-refractivity contribution < 1.29 is 27.5 Å². The van der Waals surface area contributed by atoms with Gasteiger partial charge >= 0.3 is 5.97 Å². The summed E-state index contributed by atoms with van der Waals surface area (Å²) in [4.78, 5) is 28.3. The van der Waals surface area contributed by atoms with Crippen LogP contribution in [0.4, 0.5) is 5.69 Å². The van der Waals surface area contributed by atoms with Gasteiger partial charge in [0.2, 0.25) is 15.9 Å².